The predicted molar refractivity (Wildman–Crippen MR) is 114 cm³/mol. The number of ether oxygens (including phenoxy) is 2. The third kappa shape index (κ3) is 3.32. The number of fused-ring (bicyclic) bond motifs is 2. The van der Waals surface area contributed by atoms with Gasteiger partial charge >= 0.3 is 0 Å². The standard InChI is InChI=1S/C23H27N3O4/c27-26(28)18-10-8-17(9-11-18)24-22-19-5-1-2-7-21(19)30-23(12-4-3-6-20(22)23)25-13-15-29-16-14-25/h1-2,5,7-11,20,22,24H,3-4,6,12-16H2. The highest BCUT2D eigenvalue weighted by molar-refractivity contribution is 5.52. The van der Waals surface area contributed by atoms with E-state index in [1.165, 1.54) is 6.42 Å². The molecular weight excluding hydrogens is 382 g/mol. The second kappa shape index (κ2) is 7.89. The Morgan fingerprint density at radius 3 is 2.60 bits per heavy atom. The van der Waals surface area contributed by atoms with Gasteiger partial charge in [0.1, 0.15) is 5.75 Å². The highest BCUT2D eigenvalue weighted by Gasteiger charge is 2.54. The summed E-state index contributed by atoms with van der Waals surface area (Å²) < 4.78 is 12.4. The molecule has 1 saturated heterocycles. The van der Waals surface area contributed by atoms with Crippen molar-refractivity contribution in [3.05, 3.63) is 64.2 Å². The van der Waals surface area contributed by atoms with E-state index in [1.807, 2.05) is 6.07 Å². The van der Waals surface area contributed by atoms with Crippen molar-refractivity contribution in [1.82, 2.24) is 4.90 Å². The number of nitro groups is 1. The molecule has 0 aromatic heterocycles. The van der Waals surface area contributed by atoms with E-state index in [2.05, 4.69) is 28.4 Å². The quantitative estimate of drug-likeness (QED) is 0.597. The summed E-state index contributed by atoms with van der Waals surface area (Å²) in [7, 11) is 0. The fourth-order valence-electron chi connectivity index (χ4n) is 5.38. The Morgan fingerprint density at radius 1 is 1.07 bits per heavy atom. The van der Waals surface area contributed by atoms with Crippen molar-refractivity contribution in [1.29, 1.82) is 0 Å². The number of anilines is 1. The normalized spacial score (nSPS) is 28.7. The zero-order chi connectivity index (χ0) is 20.6. The van der Waals surface area contributed by atoms with Crippen LogP contribution < -0.4 is 10.1 Å². The van der Waals surface area contributed by atoms with E-state index < -0.39 is 0 Å². The molecule has 2 aromatic rings. The first-order valence-corrected chi connectivity index (χ1v) is 10.8. The Balaban J connectivity index is 1.53. The third-order valence-corrected chi connectivity index (χ3v) is 6.77. The molecule has 0 radical (unpaired) electrons. The number of benzene rings is 2. The predicted octanol–water partition coefficient (Wildman–Crippen LogP) is 4.36. The number of nitro benzene ring substituents is 1. The summed E-state index contributed by atoms with van der Waals surface area (Å²) in [5.74, 6) is 1.22. The summed E-state index contributed by atoms with van der Waals surface area (Å²) in [5, 5.41) is 14.7. The van der Waals surface area contributed by atoms with Gasteiger partial charge in [-0.2, -0.15) is 0 Å². The lowest BCUT2D eigenvalue weighted by Gasteiger charge is -2.56. The summed E-state index contributed by atoms with van der Waals surface area (Å²) in [5.41, 5.74) is 1.82. The van der Waals surface area contributed by atoms with E-state index >= 15 is 0 Å². The molecule has 1 aliphatic carbocycles. The Bertz CT molecular complexity index is 913. The molecule has 3 atom stereocenters. The van der Waals surface area contributed by atoms with Gasteiger partial charge in [-0.15, -0.1) is 0 Å². The number of para-hydroxylation sites is 1. The summed E-state index contributed by atoms with van der Waals surface area (Å²) >= 11 is 0. The van der Waals surface area contributed by atoms with Crippen molar-refractivity contribution in [2.75, 3.05) is 31.6 Å². The highest BCUT2D eigenvalue weighted by atomic mass is 16.6. The van der Waals surface area contributed by atoms with Crippen LogP contribution in [0.4, 0.5) is 11.4 Å². The first-order valence-electron chi connectivity index (χ1n) is 10.8. The van der Waals surface area contributed by atoms with Crippen LogP contribution >= 0.6 is 0 Å². The molecule has 2 aromatic carbocycles. The van der Waals surface area contributed by atoms with Gasteiger partial charge in [0.25, 0.3) is 5.69 Å². The van der Waals surface area contributed by atoms with Crippen LogP contribution in [-0.4, -0.2) is 41.9 Å². The molecular formula is C23H27N3O4. The molecule has 5 rings (SSSR count). The number of nitrogens with one attached hydrogen (secondary N) is 1. The number of rotatable bonds is 4. The largest absolute Gasteiger partial charge is 0.472 e. The summed E-state index contributed by atoms with van der Waals surface area (Å²) in [6.45, 7) is 3.23. The van der Waals surface area contributed by atoms with Gasteiger partial charge in [0.2, 0.25) is 0 Å². The molecule has 30 heavy (non-hydrogen) atoms. The summed E-state index contributed by atoms with van der Waals surface area (Å²) in [6, 6.07) is 15.1. The van der Waals surface area contributed by atoms with E-state index in [1.54, 1.807) is 24.3 Å². The number of morpholine rings is 1. The molecule has 0 amide bonds. The topological polar surface area (TPSA) is 76.9 Å². The zero-order valence-corrected chi connectivity index (χ0v) is 17.0. The molecule has 7 nitrogen and oxygen atoms in total. The van der Waals surface area contributed by atoms with Gasteiger partial charge in [0.05, 0.1) is 24.2 Å². The van der Waals surface area contributed by atoms with Crippen molar-refractivity contribution in [3.8, 4) is 5.75 Å². The van der Waals surface area contributed by atoms with Crippen molar-refractivity contribution < 1.29 is 14.4 Å². The van der Waals surface area contributed by atoms with Crippen molar-refractivity contribution >= 4 is 11.4 Å². The highest BCUT2D eigenvalue weighted by Crippen LogP contribution is 2.52. The van der Waals surface area contributed by atoms with Crippen LogP contribution in [0.3, 0.4) is 0 Å². The average molecular weight is 409 g/mol. The van der Waals surface area contributed by atoms with Gasteiger partial charge in [-0.25, -0.2) is 0 Å². The van der Waals surface area contributed by atoms with Crippen LogP contribution in [0, 0.1) is 16.0 Å². The first-order chi connectivity index (χ1) is 14.7. The maximum Gasteiger partial charge on any atom is 0.269 e. The van der Waals surface area contributed by atoms with E-state index in [4.69, 9.17) is 9.47 Å². The van der Waals surface area contributed by atoms with Crippen LogP contribution in [0.15, 0.2) is 48.5 Å². The molecule has 7 heteroatoms. The van der Waals surface area contributed by atoms with E-state index in [0.29, 0.717) is 0 Å². The van der Waals surface area contributed by atoms with Crippen LogP contribution in [0.25, 0.3) is 0 Å². The molecule has 0 bridgehead atoms. The van der Waals surface area contributed by atoms with Crippen molar-refractivity contribution in [2.24, 2.45) is 5.92 Å². The molecule has 1 saturated carbocycles. The maximum atomic E-state index is 11.0. The van der Waals surface area contributed by atoms with Crippen LogP contribution in [0.1, 0.15) is 37.3 Å². The second-order valence-electron chi connectivity index (χ2n) is 8.36. The summed E-state index contributed by atoms with van der Waals surface area (Å²) in [4.78, 5) is 13.1. The Hall–Kier alpha value is -2.64. The molecule has 1 N–H and O–H groups in total. The van der Waals surface area contributed by atoms with E-state index in [0.717, 1.165) is 62.6 Å². The minimum absolute atomic E-state index is 0.0829. The molecule has 158 valence electrons. The van der Waals surface area contributed by atoms with Crippen LogP contribution in [-0.2, 0) is 4.74 Å². The monoisotopic (exact) mass is 409 g/mol. The third-order valence-electron chi connectivity index (χ3n) is 6.77. The maximum absolute atomic E-state index is 11.0. The van der Waals surface area contributed by atoms with Crippen molar-refractivity contribution in [2.45, 2.75) is 37.5 Å². The van der Waals surface area contributed by atoms with Gasteiger partial charge in [-0.05, 0) is 31.0 Å². The lowest BCUT2D eigenvalue weighted by Crippen LogP contribution is -2.65. The fraction of sp³-hybridized carbons (Fsp3) is 0.478. The van der Waals surface area contributed by atoms with E-state index in [-0.39, 0.29) is 28.3 Å². The average Bonchev–Trinajstić information content (AvgIpc) is 2.80. The Morgan fingerprint density at radius 2 is 1.83 bits per heavy atom. The lowest BCUT2D eigenvalue weighted by molar-refractivity contribution is -0.384. The molecule has 2 fully saturated rings. The SMILES string of the molecule is O=[N+]([O-])c1ccc(NC2c3ccccc3OC3(N4CCOCC4)CCCCC23)cc1. The van der Waals surface area contributed by atoms with Crippen LogP contribution in [0.2, 0.25) is 0 Å². The molecule has 3 aliphatic rings. The fourth-order valence-corrected chi connectivity index (χ4v) is 5.38. The number of hydrogen-bond acceptors (Lipinski definition) is 6. The first kappa shape index (κ1) is 19.3. The molecule has 0 spiro atoms. The second-order valence-corrected chi connectivity index (χ2v) is 8.36. The number of hydrogen-bond donors (Lipinski definition) is 1. The van der Waals surface area contributed by atoms with Gasteiger partial charge in [-0.3, -0.25) is 15.0 Å². The zero-order valence-electron chi connectivity index (χ0n) is 17.0. The molecule has 3 unspecified atom stereocenters. The summed E-state index contributed by atoms with van der Waals surface area (Å²) in [6.07, 6.45) is 4.42. The van der Waals surface area contributed by atoms with Gasteiger partial charge < -0.3 is 14.8 Å². The molecule has 2 aliphatic heterocycles. The van der Waals surface area contributed by atoms with Gasteiger partial charge in [0.15, 0.2) is 5.72 Å². The molecule has 2 heterocycles. The van der Waals surface area contributed by atoms with E-state index in [9.17, 15) is 10.1 Å². The minimum Gasteiger partial charge on any atom is -0.472 e. The van der Waals surface area contributed by atoms with Gasteiger partial charge in [-0.1, -0.05) is 24.6 Å². The Labute approximate surface area is 176 Å². The lowest BCUT2D eigenvalue weighted by atomic mass is 9.71. The number of non-ortho nitro benzene ring substituents is 1. The number of nitrogens with zero attached hydrogens (tertiary/aromatic N) is 2. The Kier molecular flexibility index (Phi) is 5.08. The van der Waals surface area contributed by atoms with Gasteiger partial charge in [0, 0.05) is 48.8 Å². The smallest absolute Gasteiger partial charge is 0.269 e. The minimum atomic E-state index is -0.363. The van der Waals surface area contributed by atoms with Crippen molar-refractivity contribution in [3.63, 3.8) is 0 Å². The van der Waals surface area contributed by atoms with Crippen LogP contribution in [0.5, 0.6) is 5.75 Å².